The van der Waals surface area contributed by atoms with Gasteiger partial charge in [-0.3, -0.25) is 9.59 Å². The summed E-state index contributed by atoms with van der Waals surface area (Å²) in [5.41, 5.74) is 2.19. The number of carbonyl (C=O) groups excluding carboxylic acids is 2. The maximum absolute atomic E-state index is 13.5. The molecule has 0 atom stereocenters. The topological polar surface area (TPSA) is 70.6 Å². The summed E-state index contributed by atoms with van der Waals surface area (Å²) in [5.74, 6) is -2.67. The average molecular weight is 389 g/mol. The number of nitrogens with zero attached hydrogens (tertiary/aromatic N) is 1. The van der Waals surface area contributed by atoms with E-state index < -0.39 is 17.6 Å². The largest absolute Gasteiger partial charge is 0.329 e. The number of halogens is 4. The van der Waals surface area contributed by atoms with Crippen molar-refractivity contribution in [2.24, 2.45) is 5.10 Å². The van der Waals surface area contributed by atoms with E-state index in [2.05, 4.69) is 10.4 Å². The van der Waals surface area contributed by atoms with Crippen molar-refractivity contribution in [3.8, 4) is 0 Å². The van der Waals surface area contributed by atoms with Crippen molar-refractivity contribution in [3.63, 3.8) is 0 Å². The van der Waals surface area contributed by atoms with Crippen LogP contribution in [-0.2, 0) is 9.59 Å². The van der Waals surface area contributed by atoms with Gasteiger partial charge in [-0.15, -0.1) is 0 Å². The van der Waals surface area contributed by atoms with E-state index in [4.69, 9.17) is 34.8 Å². The molecule has 0 bridgehead atoms. The molecule has 124 valence electrons. The molecule has 0 spiro atoms. The van der Waals surface area contributed by atoms with Gasteiger partial charge in [-0.2, -0.15) is 5.10 Å². The molecule has 0 unspecified atom stereocenters. The highest BCUT2D eigenvalue weighted by Gasteiger charge is 2.13. The lowest BCUT2D eigenvalue weighted by Gasteiger charge is -2.05. The van der Waals surface area contributed by atoms with Gasteiger partial charge in [0.1, 0.15) is 5.82 Å². The summed E-state index contributed by atoms with van der Waals surface area (Å²) in [6.45, 7) is 0. The average Bonchev–Trinajstić information content (AvgIpc) is 2.49. The standard InChI is InChI=1S/C15H9Cl3FN3O2/c16-8-4-9(17)6-10(5-8)21-14(23)15(24)22-20-7-11-12(18)2-1-3-13(11)19/h1-7H,(H,21,23)(H,22,24)/b20-7-. The van der Waals surface area contributed by atoms with Crippen LogP contribution >= 0.6 is 34.8 Å². The van der Waals surface area contributed by atoms with Crippen LogP contribution in [0, 0.1) is 5.82 Å². The molecule has 2 N–H and O–H groups in total. The predicted molar refractivity (Wildman–Crippen MR) is 92.2 cm³/mol. The monoisotopic (exact) mass is 387 g/mol. The molecule has 0 fully saturated rings. The summed E-state index contributed by atoms with van der Waals surface area (Å²) >= 11 is 17.4. The first-order valence-electron chi connectivity index (χ1n) is 6.41. The molecule has 0 heterocycles. The number of nitrogens with one attached hydrogen (secondary N) is 2. The van der Waals surface area contributed by atoms with Gasteiger partial charge in [-0.25, -0.2) is 9.82 Å². The van der Waals surface area contributed by atoms with Gasteiger partial charge in [0, 0.05) is 21.3 Å². The fraction of sp³-hybridized carbons (Fsp3) is 0. The minimum Gasteiger partial charge on any atom is -0.318 e. The van der Waals surface area contributed by atoms with E-state index >= 15 is 0 Å². The van der Waals surface area contributed by atoms with Crippen LogP contribution in [0.3, 0.4) is 0 Å². The van der Waals surface area contributed by atoms with Gasteiger partial charge < -0.3 is 5.32 Å². The van der Waals surface area contributed by atoms with Gasteiger partial charge in [0.05, 0.1) is 11.2 Å². The first-order chi connectivity index (χ1) is 11.4. The molecule has 0 aliphatic carbocycles. The van der Waals surface area contributed by atoms with Crippen molar-refractivity contribution >= 4 is 58.5 Å². The van der Waals surface area contributed by atoms with Crippen molar-refractivity contribution in [2.75, 3.05) is 5.32 Å². The highest BCUT2D eigenvalue weighted by atomic mass is 35.5. The van der Waals surface area contributed by atoms with Crippen LogP contribution in [0.25, 0.3) is 0 Å². The molecule has 0 aliphatic heterocycles. The summed E-state index contributed by atoms with van der Waals surface area (Å²) in [5, 5.41) is 6.51. The number of rotatable bonds is 3. The lowest BCUT2D eigenvalue weighted by Crippen LogP contribution is -2.32. The maximum Gasteiger partial charge on any atom is 0.329 e. The van der Waals surface area contributed by atoms with Crippen LogP contribution in [0.2, 0.25) is 15.1 Å². The second-order valence-corrected chi connectivity index (χ2v) is 5.73. The smallest absolute Gasteiger partial charge is 0.318 e. The Bertz CT molecular complexity index is 787. The number of anilines is 1. The molecule has 0 radical (unpaired) electrons. The molecule has 0 aromatic heterocycles. The molecule has 0 aliphatic rings. The summed E-state index contributed by atoms with van der Waals surface area (Å²) in [7, 11) is 0. The summed E-state index contributed by atoms with van der Waals surface area (Å²) < 4.78 is 13.5. The highest BCUT2D eigenvalue weighted by molar-refractivity contribution is 6.40. The number of amides is 2. The molecular formula is C15H9Cl3FN3O2. The zero-order chi connectivity index (χ0) is 17.7. The lowest BCUT2D eigenvalue weighted by atomic mass is 10.2. The van der Waals surface area contributed by atoms with Crippen LogP contribution in [0.5, 0.6) is 0 Å². The zero-order valence-electron chi connectivity index (χ0n) is 11.8. The summed E-state index contributed by atoms with van der Waals surface area (Å²) in [6, 6.07) is 8.38. The van der Waals surface area contributed by atoms with E-state index in [0.29, 0.717) is 10.0 Å². The van der Waals surface area contributed by atoms with Gasteiger partial charge in [0.2, 0.25) is 0 Å². The highest BCUT2D eigenvalue weighted by Crippen LogP contribution is 2.22. The zero-order valence-corrected chi connectivity index (χ0v) is 14.1. The molecule has 5 nitrogen and oxygen atoms in total. The second-order valence-electron chi connectivity index (χ2n) is 4.45. The fourth-order valence-electron chi connectivity index (χ4n) is 1.65. The van der Waals surface area contributed by atoms with E-state index in [1.807, 2.05) is 5.43 Å². The SMILES string of the molecule is O=C(N/N=C\c1c(F)cccc1Cl)C(=O)Nc1cc(Cl)cc(Cl)c1. The Morgan fingerprint density at radius 3 is 2.33 bits per heavy atom. The molecule has 2 aromatic carbocycles. The van der Waals surface area contributed by atoms with E-state index in [1.54, 1.807) is 0 Å². The van der Waals surface area contributed by atoms with E-state index in [1.165, 1.54) is 36.4 Å². The molecule has 0 saturated carbocycles. The molecular weight excluding hydrogens is 380 g/mol. The Morgan fingerprint density at radius 1 is 1.04 bits per heavy atom. The van der Waals surface area contributed by atoms with E-state index in [9.17, 15) is 14.0 Å². The quantitative estimate of drug-likeness (QED) is 0.476. The van der Waals surface area contributed by atoms with Crippen LogP contribution in [0.15, 0.2) is 41.5 Å². The second kappa shape index (κ2) is 8.10. The third-order valence-corrected chi connectivity index (χ3v) is 3.45. The number of hydrogen-bond acceptors (Lipinski definition) is 3. The van der Waals surface area contributed by atoms with E-state index in [0.717, 1.165) is 6.21 Å². The Hall–Kier alpha value is -2.15. The van der Waals surface area contributed by atoms with Crippen molar-refractivity contribution in [3.05, 3.63) is 62.8 Å². The molecule has 2 amide bonds. The van der Waals surface area contributed by atoms with Gasteiger partial charge >= 0.3 is 11.8 Å². The summed E-state index contributed by atoms with van der Waals surface area (Å²) in [4.78, 5) is 23.4. The molecule has 2 aromatic rings. The van der Waals surface area contributed by atoms with Crippen molar-refractivity contribution in [1.82, 2.24) is 5.43 Å². The predicted octanol–water partition coefficient (Wildman–Crippen LogP) is 3.87. The van der Waals surface area contributed by atoms with Crippen LogP contribution in [-0.4, -0.2) is 18.0 Å². The molecule has 24 heavy (non-hydrogen) atoms. The Kier molecular flexibility index (Phi) is 6.14. The van der Waals surface area contributed by atoms with Gasteiger partial charge in [-0.05, 0) is 30.3 Å². The maximum atomic E-state index is 13.5. The third-order valence-electron chi connectivity index (χ3n) is 2.69. The number of carbonyl (C=O) groups is 2. The fourth-order valence-corrected chi connectivity index (χ4v) is 2.39. The third kappa shape index (κ3) is 4.92. The number of hydrazone groups is 1. The van der Waals surface area contributed by atoms with Crippen molar-refractivity contribution in [1.29, 1.82) is 0 Å². The van der Waals surface area contributed by atoms with Gasteiger partial charge in [0.25, 0.3) is 0 Å². The Labute approximate surface area is 151 Å². The lowest BCUT2D eigenvalue weighted by molar-refractivity contribution is -0.136. The Morgan fingerprint density at radius 2 is 1.71 bits per heavy atom. The van der Waals surface area contributed by atoms with Crippen LogP contribution in [0.1, 0.15) is 5.56 Å². The van der Waals surface area contributed by atoms with Gasteiger partial charge in [0.15, 0.2) is 0 Å². The molecule has 0 saturated heterocycles. The molecule has 9 heteroatoms. The molecule has 2 rings (SSSR count). The van der Waals surface area contributed by atoms with E-state index in [-0.39, 0.29) is 16.3 Å². The summed E-state index contributed by atoms with van der Waals surface area (Å²) in [6.07, 6.45) is 0.999. The van der Waals surface area contributed by atoms with Crippen LogP contribution < -0.4 is 10.7 Å². The first kappa shape index (κ1) is 18.2. The minimum absolute atomic E-state index is 0.0125. The van der Waals surface area contributed by atoms with Crippen molar-refractivity contribution < 1.29 is 14.0 Å². The Balaban J connectivity index is 1.99. The number of hydrogen-bond donors (Lipinski definition) is 2. The normalized spacial score (nSPS) is 10.7. The minimum atomic E-state index is -1.06. The van der Waals surface area contributed by atoms with Crippen LogP contribution in [0.4, 0.5) is 10.1 Å². The first-order valence-corrected chi connectivity index (χ1v) is 7.54. The number of benzene rings is 2. The van der Waals surface area contributed by atoms with Gasteiger partial charge in [-0.1, -0.05) is 40.9 Å². The van der Waals surface area contributed by atoms with Crippen molar-refractivity contribution in [2.45, 2.75) is 0 Å².